The van der Waals surface area contributed by atoms with Gasteiger partial charge in [-0.05, 0) is 18.4 Å². The predicted molar refractivity (Wildman–Crippen MR) is 81.6 cm³/mol. The third-order valence-electron chi connectivity index (χ3n) is 3.17. The third kappa shape index (κ3) is 7.46. The van der Waals surface area contributed by atoms with E-state index in [0.717, 1.165) is 24.8 Å². The monoisotopic (exact) mass is 292 g/mol. The zero-order valence-electron chi connectivity index (χ0n) is 12.5. The molecule has 5 nitrogen and oxygen atoms in total. The van der Waals surface area contributed by atoms with Gasteiger partial charge in [0.2, 0.25) is 11.8 Å². The number of hydrogen-bond acceptors (Lipinski definition) is 3. The summed E-state index contributed by atoms with van der Waals surface area (Å²) in [5.74, 6) is -0.0844. The van der Waals surface area contributed by atoms with E-state index in [-0.39, 0.29) is 24.5 Å². The van der Waals surface area contributed by atoms with Crippen LogP contribution in [0, 0.1) is 0 Å². The number of aliphatic hydroxyl groups is 1. The maximum atomic E-state index is 11.8. The van der Waals surface area contributed by atoms with Crippen molar-refractivity contribution in [2.45, 2.75) is 38.6 Å². The van der Waals surface area contributed by atoms with Crippen molar-refractivity contribution in [2.75, 3.05) is 13.2 Å². The highest BCUT2D eigenvalue weighted by Gasteiger charge is 2.12. The Morgan fingerprint density at radius 1 is 1.14 bits per heavy atom. The molecule has 116 valence electrons. The molecule has 0 saturated heterocycles. The number of benzene rings is 1. The summed E-state index contributed by atoms with van der Waals surface area (Å²) in [7, 11) is 0. The highest BCUT2D eigenvalue weighted by molar-refractivity contribution is 5.76. The number of carbonyl (C=O) groups excluding carboxylic acids is 2. The predicted octanol–water partition coefficient (Wildman–Crippen LogP) is 1.53. The van der Waals surface area contributed by atoms with Crippen LogP contribution < -0.4 is 10.6 Å². The van der Waals surface area contributed by atoms with Crippen molar-refractivity contribution in [1.29, 1.82) is 0 Å². The molecule has 0 aliphatic carbocycles. The van der Waals surface area contributed by atoms with Crippen molar-refractivity contribution in [2.24, 2.45) is 0 Å². The summed E-state index contributed by atoms with van der Waals surface area (Å²) in [6, 6.07) is 9.08. The molecule has 2 amide bonds. The lowest BCUT2D eigenvalue weighted by Gasteiger charge is -2.16. The van der Waals surface area contributed by atoms with Crippen LogP contribution in [-0.4, -0.2) is 30.1 Å². The molecule has 0 aliphatic rings. The van der Waals surface area contributed by atoms with Gasteiger partial charge in [-0.1, -0.05) is 36.8 Å². The van der Waals surface area contributed by atoms with E-state index in [1.165, 1.54) is 6.92 Å². The first-order valence-electron chi connectivity index (χ1n) is 7.33. The fraction of sp³-hybridized carbons (Fsp3) is 0.500. The topological polar surface area (TPSA) is 78.4 Å². The normalized spacial score (nSPS) is 11.7. The molecule has 0 bridgehead atoms. The number of hydrogen-bond donors (Lipinski definition) is 3. The summed E-state index contributed by atoms with van der Waals surface area (Å²) in [4.78, 5) is 22.5. The minimum Gasteiger partial charge on any atom is -0.394 e. The van der Waals surface area contributed by atoms with Crippen LogP contribution in [0.15, 0.2) is 30.3 Å². The number of rotatable bonds is 9. The SMILES string of the molecule is CC(=O)NCCCCCC(=O)NC(CO)c1ccccc1. The summed E-state index contributed by atoms with van der Waals surface area (Å²) in [6.45, 7) is 2.03. The molecular formula is C16H24N2O3. The number of aliphatic hydroxyl groups excluding tert-OH is 1. The number of amides is 2. The zero-order chi connectivity index (χ0) is 15.5. The van der Waals surface area contributed by atoms with Crippen LogP contribution in [-0.2, 0) is 9.59 Å². The Kier molecular flexibility index (Phi) is 8.12. The van der Waals surface area contributed by atoms with E-state index < -0.39 is 0 Å². The van der Waals surface area contributed by atoms with Gasteiger partial charge in [-0.25, -0.2) is 0 Å². The van der Waals surface area contributed by atoms with Gasteiger partial charge < -0.3 is 15.7 Å². The van der Waals surface area contributed by atoms with Crippen molar-refractivity contribution in [1.82, 2.24) is 10.6 Å². The van der Waals surface area contributed by atoms with E-state index in [2.05, 4.69) is 10.6 Å². The van der Waals surface area contributed by atoms with Gasteiger partial charge in [-0.2, -0.15) is 0 Å². The lowest BCUT2D eigenvalue weighted by molar-refractivity contribution is -0.122. The molecule has 1 atom stereocenters. The first-order chi connectivity index (χ1) is 10.1. The van der Waals surface area contributed by atoms with Gasteiger partial charge in [0.15, 0.2) is 0 Å². The molecule has 5 heteroatoms. The molecule has 0 spiro atoms. The maximum Gasteiger partial charge on any atom is 0.220 e. The second kappa shape index (κ2) is 9.94. The van der Waals surface area contributed by atoms with Gasteiger partial charge in [0.1, 0.15) is 0 Å². The van der Waals surface area contributed by atoms with E-state index >= 15 is 0 Å². The van der Waals surface area contributed by atoms with Crippen molar-refractivity contribution in [3.8, 4) is 0 Å². The number of carbonyl (C=O) groups is 2. The van der Waals surface area contributed by atoms with Gasteiger partial charge in [-0.15, -0.1) is 0 Å². The van der Waals surface area contributed by atoms with Crippen LogP contribution >= 0.6 is 0 Å². The Balaban J connectivity index is 2.21. The van der Waals surface area contributed by atoms with Crippen LogP contribution in [0.4, 0.5) is 0 Å². The van der Waals surface area contributed by atoms with Crippen LogP contribution in [0.3, 0.4) is 0 Å². The zero-order valence-corrected chi connectivity index (χ0v) is 12.5. The summed E-state index contributed by atoms with van der Waals surface area (Å²) in [5.41, 5.74) is 0.902. The maximum absolute atomic E-state index is 11.8. The third-order valence-corrected chi connectivity index (χ3v) is 3.17. The van der Waals surface area contributed by atoms with Crippen LogP contribution in [0.5, 0.6) is 0 Å². The quantitative estimate of drug-likeness (QED) is 0.604. The summed E-state index contributed by atoms with van der Waals surface area (Å²) < 4.78 is 0. The Morgan fingerprint density at radius 2 is 1.86 bits per heavy atom. The van der Waals surface area contributed by atoms with Crippen LogP contribution in [0.2, 0.25) is 0 Å². The second-order valence-corrected chi connectivity index (χ2v) is 5.01. The van der Waals surface area contributed by atoms with Gasteiger partial charge in [0, 0.05) is 19.9 Å². The van der Waals surface area contributed by atoms with Crippen LogP contribution in [0.25, 0.3) is 0 Å². The van der Waals surface area contributed by atoms with Crippen molar-refractivity contribution >= 4 is 11.8 Å². The van der Waals surface area contributed by atoms with E-state index in [0.29, 0.717) is 13.0 Å². The first-order valence-corrected chi connectivity index (χ1v) is 7.33. The van der Waals surface area contributed by atoms with Gasteiger partial charge in [0.25, 0.3) is 0 Å². The molecule has 0 saturated carbocycles. The summed E-state index contributed by atoms with van der Waals surface area (Å²) in [6.07, 6.45) is 2.97. The highest BCUT2D eigenvalue weighted by Crippen LogP contribution is 2.12. The molecule has 1 unspecified atom stereocenters. The Morgan fingerprint density at radius 3 is 2.48 bits per heavy atom. The minimum absolute atomic E-state index is 0.0265. The fourth-order valence-electron chi connectivity index (χ4n) is 2.04. The average molecular weight is 292 g/mol. The molecule has 3 N–H and O–H groups in total. The molecule has 0 aromatic heterocycles. The Hall–Kier alpha value is -1.88. The lowest BCUT2D eigenvalue weighted by Crippen LogP contribution is -2.30. The van der Waals surface area contributed by atoms with Gasteiger partial charge in [-0.3, -0.25) is 9.59 Å². The minimum atomic E-state index is -0.349. The van der Waals surface area contributed by atoms with Crippen molar-refractivity contribution < 1.29 is 14.7 Å². The van der Waals surface area contributed by atoms with Crippen molar-refractivity contribution in [3.05, 3.63) is 35.9 Å². The number of nitrogens with one attached hydrogen (secondary N) is 2. The Labute approximate surface area is 125 Å². The smallest absolute Gasteiger partial charge is 0.220 e. The average Bonchev–Trinajstić information content (AvgIpc) is 2.49. The molecule has 1 rings (SSSR count). The summed E-state index contributed by atoms with van der Waals surface area (Å²) >= 11 is 0. The molecule has 0 heterocycles. The highest BCUT2D eigenvalue weighted by atomic mass is 16.3. The molecule has 1 aromatic carbocycles. The molecule has 1 aromatic rings. The molecule has 21 heavy (non-hydrogen) atoms. The van der Waals surface area contributed by atoms with Gasteiger partial charge in [0.05, 0.1) is 12.6 Å². The molecule has 0 fully saturated rings. The standard InChI is InChI=1S/C16H24N2O3/c1-13(20)17-11-7-3-6-10-16(21)18-15(12-19)14-8-4-2-5-9-14/h2,4-5,8-9,15,19H,3,6-7,10-12H2,1H3,(H,17,20)(H,18,21). The van der Waals surface area contributed by atoms with Gasteiger partial charge >= 0.3 is 0 Å². The number of unbranched alkanes of at least 4 members (excludes halogenated alkanes) is 2. The first kappa shape index (κ1) is 17.2. The van der Waals surface area contributed by atoms with E-state index in [1.54, 1.807) is 0 Å². The second-order valence-electron chi connectivity index (χ2n) is 5.01. The molecule has 0 radical (unpaired) electrons. The molecular weight excluding hydrogens is 268 g/mol. The Bertz CT molecular complexity index is 434. The molecule has 0 aliphatic heterocycles. The van der Waals surface area contributed by atoms with E-state index in [1.807, 2.05) is 30.3 Å². The van der Waals surface area contributed by atoms with E-state index in [9.17, 15) is 14.7 Å². The van der Waals surface area contributed by atoms with Crippen molar-refractivity contribution in [3.63, 3.8) is 0 Å². The largest absolute Gasteiger partial charge is 0.394 e. The lowest BCUT2D eigenvalue weighted by atomic mass is 10.1. The fourth-order valence-corrected chi connectivity index (χ4v) is 2.04. The summed E-state index contributed by atoms with van der Waals surface area (Å²) in [5, 5.41) is 14.9. The van der Waals surface area contributed by atoms with Crippen LogP contribution in [0.1, 0.15) is 44.2 Å². The van der Waals surface area contributed by atoms with E-state index in [4.69, 9.17) is 0 Å².